The van der Waals surface area contributed by atoms with E-state index in [1.807, 2.05) is 0 Å². The highest BCUT2D eigenvalue weighted by Gasteiger charge is 2.56. The van der Waals surface area contributed by atoms with Gasteiger partial charge in [0, 0.05) is 30.2 Å². The second-order valence-electron chi connectivity index (χ2n) is 9.33. The van der Waals surface area contributed by atoms with Crippen molar-refractivity contribution in [3.63, 3.8) is 0 Å². The van der Waals surface area contributed by atoms with Crippen molar-refractivity contribution in [2.24, 2.45) is 5.41 Å². The second-order valence-corrected chi connectivity index (χ2v) is 10.5. The average molecular weight is 551 g/mol. The predicted molar refractivity (Wildman–Crippen MR) is 140 cm³/mol. The molecule has 36 heavy (non-hydrogen) atoms. The van der Waals surface area contributed by atoms with Crippen LogP contribution >= 0.6 is 34.8 Å². The molecule has 2 aliphatic carbocycles. The van der Waals surface area contributed by atoms with E-state index in [9.17, 15) is 19.5 Å². The smallest absolute Gasteiger partial charge is 0.329 e. The maximum absolute atomic E-state index is 12.7. The maximum atomic E-state index is 12.7. The molecular formula is C26H26Cl3N3O4. The molecular weight excluding hydrogens is 525 g/mol. The molecule has 1 aromatic carbocycles. The molecule has 0 saturated heterocycles. The molecule has 1 fully saturated rings. The van der Waals surface area contributed by atoms with Gasteiger partial charge in [0.05, 0.1) is 21.0 Å². The Morgan fingerprint density at radius 3 is 2.22 bits per heavy atom. The Bertz CT molecular complexity index is 1220. The zero-order valence-corrected chi connectivity index (χ0v) is 21.9. The number of pyridine rings is 1. The van der Waals surface area contributed by atoms with Crippen LogP contribution in [-0.2, 0) is 16.0 Å². The first-order valence-corrected chi connectivity index (χ1v) is 12.9. The van der Waals surface area contributed by atoms with E-state index >= 15 is 0 Å². The molecule has 7 nitrogen and oxygen atoms in total. The summed E-state index contributed by atoms with van der Waals surface area (Å²) in [7, 11) is 0. The third-order valence-corrected chi connectivity index (χ3v) is 8.15. The Kier molecular flexibility index (Phi) is 7.64. The summed E-state index contributed by atoms with van der Waals surface area (Å²) in [5.74, 6) is -1.59. The molecule has 1 saturated carbocycles. The number of Topliss-reactive ketones (excluding diaryl/α,β-unsaturated/α-hetero) is 1. The molecule has 0 aliphatic heterocycles. The van der Waals surface area contributed by atoms with E-state index < -0.39 is 22.8 Å². The fraction of sp³-hybridized carbons (Fsp3) is 0.385. The number of aromatic nitrogens is 1. The largest absolute Gasteiger partial charge is 0.479 e. The van der Waals surface area contributed by atoms with Gasteiger partial charge in [-0.2, -0.15) is 0 Å². The van der Waals surface area contributed by atoms with Crippen molar-refractivity contribution in [2.75, 3.05) is 5.32 Å². The minimum Gasteiger partial charge on any atom is -0.479 e. The minimum atomic E-state index is -1.34. The lowest BCUT2D eigenvalue weighted by Gasteiger charge is -2.48. The maximum Gasteiger partial charge on any atom is 0.329 e. The summed E-state index contributed by atoms with van der Waals surface area (Å²) < 4.78 is 0. The number of hydrogen-bond donors (Lipinski definition) is 3. The van der Waals surface area contributed by atoms with Gasteiger partial charge in [-0.25, -0.2) is 4.79 Å². The van der Waals surface area contributed by atoms with Crippen LogP contribution in [0, 0.1) is 5.41 Å². The quantitative estimate of drug-likeness (QED) is 0.373. The molecule has 1 amide bonds. The third kappa shape index (κ3) is 4.72. The first-order valence-electron chi connectivity index (χ1n) is 11.8. The molecule has 1 spiro atoms. The number of allylic oxidation sites excluding steroid dienone is 2. The number of hydrogen-bond acceptors (Lipinski definition) is 5. The van der Waals surface area contributed by atoms with Crippen molar-refractivity contribution < 1.29 is 19.5 Å². The standard InChI is InChI=1S/C26H26Cl3N3O4/c1-2-26(24(35)36,32-21-20(29)22(33)25(21)10-4-3-5-11-25)12-15-6-8-16(9-7-15)31-23(34)19-17(27)13-30-14-18(19)28/h6-9,13-14,32H,2-5,10-12H2,1H3,(H,31,34)(H,35,36)/t26-/m0/s1. The lowest BCUT2D eigenvalue weighted by molar-refractivity contribution is -0.145. The zero-order chi connectivity index (χ0) is 26.1. The normalized spacial score (nSPS) is 18.4. The highest BCUT2D eigenvalue weighted by atomic mass is 35.5. The summed E-state index contributed by atoms with van der Waals surface area (Å²) in [5.41, 5.74) is -0.111. The van der Waals surface area contributed by atoms with E-state index in [2.05, 4.69) is 15.6 Å². The fourth-order valence-electron chi connectivity index (χ4n) is 5.05. The molecule has 4 rings (SSSR count). The lowest BCUT2D eigenvalue weighted by atomic mass is 9.61. The first kappa shape index (κ1) is 26.5. The summed E-state index contributed by atoms with van der Waals surface area (Å²) in [5, 5.41) is 16.6. The number of nitrogens with one attached hydrogen (secondary N) is 2. The number of nitrogens with zero attached hydrogens (tertiary/aromatic N) is 1. The van der Waals surface area contributed by atoms with Gasteiger partial charge < -0.3 is 15.7 Å². The highest BCUT2D eigenvalue weighted by molar-refractivity contribution is 6.47. The highest BCUT2D eigenvalue weighted by Crippen LogP contribution is 2.53. The van der Waals surface area contributed by atoms with Gasteiger partial charge in [-0.1, -0.05) is 73.1 Å². The molecule has 0 radical (unpaired) electrons. The monoisotopic (exact) mass is 549 g/mol. The van der Waals surface area contributed by atoms with E-state index in [-0.39, 0.29) is 39.3 Å². The van der Waals surface area contributed by atoms with Crippen LogP contribution in [0.3, 0.4) is 0 Å². The van der Waals surface area contributed by atoms with Gasteiger partial charge in [-0.15, -0.1) is 0 Å². The van der Waals surface area contributed by atoms with Gasteiger partial charge in [0.15, 0.2) is 5.78 Å². The number of halogens is 3. The number of aliphatic carboxylic acids is 1. The number of rotatable bonds is 8. The van der Waals surface area contributed by atoms with Crippen molar-refractivity contribution in [3.8, 4) is 0 Å². The topological polar surface area (TPSA) is 108 Å². The van der Waals surface area contributed by atoms with Crippen molar-refractivity contribution in [1.82, 2.24) is 10.3 Å². The van der Waals surface area contributed by atoms with Crippen LogP contribution in [0.4, 0.5) is 5.69 Å². The van der Waals surface area contributed by atoms with Gasteiger partial charge in [0.25, 0.3) is 5.91 Å². The first-order chi connectivity index (χ1) is 17.1. The van der Waals surface area contributed by atoms with E-state index in [1.54, 1.807) is 31.2 Å². The van der Waals surface area contributed by atoms with Crippen molar-refractivity contribution >= 4 is 58.1 Å². The van der Waals surface area contributed by atoms with E-state index in [4.69, 9.17) is 34.8 Å². The number of ketones is 1. The zero-order valence-electron chi connectivity index (χ0n) is 19.7. The SMILES string of the molecule is CC[C@@](Cc1ccc(NC(=O)c2c(Cl)cncc2Cl)cc1)(NC1=C(Cl)C(=O)C12CCCCC2)C(=O)O. The van der Waals surface area contributed by atoms with Crippen LogP contribution in [0.5, 0.6) is 0 Å². The van der Waals surface area contributed by atoms with Crippen LogP contribution in [0.2, 0.25) is 10.0 Å². The number of benzene rings is 1. The third-order valence-electron chi connectivity index (χ3n) is 7.21. The van der Waals surface area contributed by atoms with Crippen LogP contribution < -0.4 is 10.6 Å². The van der Waals surface area contributed by atoms with Crippen LogP contribution in [-0.4, -0.2) is 33.3 Å². The summed E-state index contributed by atoms with van der Waals surface area (Å²) in [6.07, 6.45) is 7.36. The lowest BCUT2D eigenvalue weighted by Crippen LogP contribution is -2.60. The molecule has 0 bridgehead atoms. The summed E-state index contributed by atoms with van der Waals surface area (Å²) in [6.45, 7) is 1.79. The molecule has 1 atom stereocenters. The van der Waals surface area contributed by atoms with Gasteiger partial charge in [-0.05, 0) is 37.0 Å². The molecule has 2 aliphatic rings. The van der Waals surface area contributed by atoms with Gasteiger partial charge in [-0.3, -0.25) is 14.6 Å². The number of carbonyl (C=O) groups is 3. The molecule has 190 valence electrons. The Balaban J connectivity index is 1.53. The number of carboxylic acid groups (broad SMARTS) is 1. The Morgan fingerprint density at radius 1 is 1.06 bits per heavy atom. The molecule has 2 aromatic rings. The van der Waals surface area contributed by atoms with Crippen LogP contribution in [0.25, 0.3) is 0 Å². The van der Waals surface area contributed by atoms with E-state index in [0.29, 0.717) is 24.2 Å². The summed E-state index contributed by atoms with van der Waals surface area (Å²) in [6, 6.07) is 6.86. The number of amides is 1. The van der Waals surface area contributed by atoms with Gasteiger partial charge in [0.1, 0.15) is 10.6 Å². The Hall–Kier alpha value is -2.61. The van der Waals surface area contributed by atoms with Crippen LogP contribution in [0.15, 0.2) is 47.4 Å². The Morgan fingerprint density at radius 2 is 1.67 bits per heavy atom. The van der Waals surface area contributed by atoms with Gasteiger partial charge >= 0.3 is 5.97 Å². The molecule has 1 heterocycles. The van der Waals surface area contributed by atoms with Crippen molar-refractivity contribution in [1.29, 1.82) is 0 Å². The molecule has 0 unspecified atom stereocenters. The van der Waals surface area contributed by atoms with E-state index in [1.165, 1.54) is 12.4 Å². The number of carbonyl (C=O) groups excluding carboxylic acids is 2. The number of anilines is 1. The average Bonchev–Trinajstić information content (AvgIpc) is 2.87. The predicted octanol–water partition coefficient (Wildman–Crippen LogP) is 5.99. The fourth-order valence-corrected chi connectivity index (χ4v) is 5.99. The summed E-state index contributed by atoms with van der Waals surface area (Å²) in [4.78, 5) is 41.7. The molecule has 1 aromatic heterocycles. The van der Waals surface area contributed by atoms with Crippen molar-refractivity contribution in [3.05, 3.63) is 68.6 Å². The molecule has 10 heteroatoms. The van der Waals surface area contributed by atoms with Gasteiger partial charge in [0.2, 0.25) is 0 Å². The van der Waals surface area contributed by atoms with E-state index in [0.717, 1.165) is 24.8 Å². The Labute approximate surface area is 224 Å². The minimum absolute atomic E-state index is 0.0868. The van der Waals surface area contributed by atoms with Crippen molar-refractivity contribution in [2.45, 2.75) is 57.4 Å². The number of carboxylic acids is 1. The summed E-state index contributed by atoms with van der Waals surface area (Å²) >= 11 is 18.4. The van der Waals surface area contributed by atoms with Crippen LogP contribution in [0.1, 0.15) is 61.4 Å². The molecule has 3 N–H and O–H groups in total. The second kappa shape index (κ2) is 10.4.